The molecule has 4 aromatic rings. The number of rotatable bonds is 7. The van der Waals surface area contributed by atoms with Gasteiger partial charge in [-0.05, 0) is 81.0 Å². The van der Waals surface area contributed by atoms with Gasteiger partial charge in [0.15, 0.2) is 6.61 Å². The highest BCUT2D eigenvalue weighted by Gasteiger charge is 2.27. The summed E-state index contributed by atoms with van der Waals surface area (Å²) in [7, 11) is 0. The van der Waals surface area contributed by atoms with Crippen LogP contribution in [0.3, 0.4) is 0 Å². The van der Waals surface area contributed by atoms with Gasteiger partial charge in [0.25, 0.3) is 0 Å². The summed E-state index contributed by atoms with van der Waals surface area (Å²) in [5, 5.41) is 0.732. The van der Waals surface area contributed by atoms with Crippen molar-refractivity contribution in [2.24, 2.45) is 5.92 Å². The number of ketones is 1. The first-order valence-corrected chi connectivity index (χ1v) is 12.6. The number of ether oxygens (including phenoxy) is 2. The summed E-state index contributed by atoms with van der Waals surface area (Å²) in [4.78, 5) is 31.3. The molecule has 0 aliphatic heterocycles. The zero-order chi connectivity index (χ0) is 27.0. The lowest BCUT2D eigenvalue weighted by Crippen LogP contribution is -2.21. The van der Waals surface area contributed by atoms with E-state index in [4.69, 9.17) is 9.72 Å². The van der Waals surface area contributed by atoms with E-state index in [0.29, 0.717) is 28.4 Å². The monoisotopic (exact) mass is 518 g/mol. The van der Waals surface area contributed by atoms with E-state index in [9.17, 15) is 18.4 Å². The third-order valence-corrected chi connectivity index (χ3v) is 7.10. The quantitative estimate of drug-likeness (QED) is 0.209. The summed E-state index contributed by atoms with van der Waals surface area (Å²) >= 11 is 0. The Morgan fingerprint density at radius 3 is 2.58 bits per heavy atom. The first kappa shape index (κ1) is 25.6. The van der Waals surface area contributed by atoms with Crippen LogP contribution in [0.15, 0.2) is 54.6 Å². The van der Waals surface area contributed by atoms with E-state index < -0.39 is 19.2 Å². The number of alkyl halides is 2. The van der Waals surface area contributed by atoms with Crippen molar-refractivity contribution >= 4 is 22.7 Å². The minimum Gasteiger partial charge on any atom is -0.454 e. The van der Waals surface area contributed by atoms with Crippen molar-refractivity contribution in [3.8, 4) is 11.4 Å². The predicted octanol–water partition coefficient (Wildman–Crippen LogP) is 6.41. The van der Waals surface area contributed by atoms with Gasteiger partial charge >= 0.3 is 12.6 Å². The number of para-hydroxylation sites is 1. The summed E-state index contributed by atoms with van der Waals surface area (Å²) in [6.07, 6.45) is 2.57. The van der Waals surface area contributed by atoms with Gasteiger partial charge in [0.2, 0.25) is 5.78 Å². The third kappa shape index (κ3) is 4.90. The third-order valence-electron chi connectivity index (χ3n) is 7.10. The Morgan fingerprint density at radius 2 is 1.84 bits per heavy atom. The molecule has 0 bridgehead atoms. The van der Waals surface area contributed by atoms with Gasteiger partial charge in [-0.25, -0.2) is 4.79 Å². The smallest absolute Gasteiger partial charge is 0.387 e. The van der Waals surface area contributed by atoms with E-state index in [0.717, 1.165) is 47.1 Å². The number of fused-ring (bicyclic) bond motifs is 2. The summed E-state index contributed by atoms with van der Waals surface area (Å²) in [6.45, 7) is 2.49. The van der Waals surface area contributed by atoms with Crippen LogP contribution in [0.1, 0.15) is 56.7 Å². The van der Waals surface area contributed by atoms with Gasteiger partial charge in [-0.15, -0.1) is 0 Å². The molecule has 0 spiro atoms. The predicted molar refractivity (Wildman–Crippen MR) is 139 cm³/mol. The number of halogens is 2. The maximum atomic E-state index is 13.4. The van der Waals surface area contributed by atoms with Gasteiger partial charge in [0.1, 0.15) is 5.75 Å². The van der Waals surface area contributed by atoms with Gasteiger partial charge < -0.3 is 14.0 Å². The maximum absolute atomic E-state index is 13.4. The number of carbonyl (C=O) groups excluding carboxylic acids is 2. The number of hydrogen-bond acceptors (Lipinski definition) is 5. The summed E-state index contributed by atoms with van der Waals surface area (Å²) in [6, 6.07) is 15.4. The Bertz CT molecular complexity index is 1530. The molecule has 2 heterocycles. The molecule has 1 aliphatic rings. The van der Waals surface area contributed by atoms with E-state index in [2.05, 4.69) is 11.7 Å². The van der Waals surface area contributed by atoms with Crippen molar-refractivity contribution in [1.82, 2.24) is 9.55 Å². The highest BCUT2D eigenvalue weighted by atomic mass is 19.3. The topological polar surface area (TPSA) is 70.4 Å². The molecule has 0 saturated heterocycles. The van der Waals surface area contributed by atoms with Crippen LogP contribution in [0, 0.1) is 19.8 Å². The maximum Gasteiger partial charge on any atom is 0.387 e. The first-order chi connectivity index (χ1) is 18.2. The number of benzene rings is 2. The molecule has 2 aromatic carbocycles. The normalized spacial score (nSPS) is 14.9. The average molecular weight is 519 g/mol. The molecule has 8 heteroatoms. The highest BCUT2D eigenvalue weighted by Crippen LogP contribution is 2.32. The Balaban J connectivity index is 1.38. The fourth-order valence-corrected chi connectivity index (χ4v) is 5.30. The Kier molecular flexibility index (Phi) is 6.97. The number of aryl methyl sites for hydroxylation is 2. The van der Waals surface area contributed by atoms with E-state index >= 15 is 0 Å². The van der Waals surface area contributed by atoms with Crippen LogP contribution in [0.2, 0.25) is 0 Å². The van der Waals surface area contributed by atoms with Crippen molar-refractivity contribution < 1.29 is 27.8 Å². The number of nitrogens with zero attached hydrogens (tertiary/aromatic N) is 2. The molecule has 0 unspecified atom stereocenters. The van der Waals surface area contributed by atoms with Crippen molar-refractivity contribution in [3.05, 3.63) is 88.4 Å². The lowest BCUT2D eigenvalue weighted by molar-refractivity contribution is -0.0498. The average Bonchev–Trinajstić information content (AvgIpc) is 3.19. The molecule has 6 nitrogen and oxygen atoms in total. The zero-order valence-electron chi connectivity index (χ0n) is 21.5. The molecule has 0 N–H and O–H groups in total. The number of hydrogen-bond donors (Lipinski definition) is 0. The van der Waals surface area contributed by atoms with Crippen molar-refractivity contribution in [2.45, 2.75) is 46.6 Å². The van der Waals surface area contributed by atoms with Crippen LogP contribution in [0.25, 0.3) is 16.6 Å². The Morgan fingerprint density at radius 1 is 1.11 bits per heavy atom. The second kappa shape index (κ2) is 10.4. The van der Waals surface area contributed by atoms with E-state index in [1.54, 1.807) is 25.1 Å². The summed E-state index contributed by atoms with van der Waals surface area (Å²) in [5.41, 5.74) is 5.65. The molecule has 38 heavy (non-hydrogen) atoms. The van der Waals surface area contributed by atoms with E-state index in [1.165, 1.54) is 12.1 Å². The SMILES string of the molecule is Cc1cc(C(=O)COC(=O)c2c3c(nc4ccccc24)CC[C@H](C)C3)c(C)n1-c1ccc(OC(F)F)cc1. The van der Waals surface area contributed by atoms with Gasteiger partial charge in [-0.1, -0.05) is 25.1 Å². The van der Waals surface area contributed by atoms with Crippen molar-refractivity contribution in [1.29, 1.82) is 0 Å². The molecule has 0 fully saturated rings. The van der Waals surface area contributed by atoms with E-state index in [1.807, 2.05) is 35.8 Å². The molecule has 0 saturated carbocycles. The second-order valence-electron chi connectivity index (χ2n) is 9.77. The number of carbonyl (C=O) groups is 2. The van der Waals surface area contributed by atoms with Crippen LogP contribution in [0.5, 0.6) is 5.75 Å². The van der Waals surface area contributed by atoms with Crippen LogP contribution >= 0.6 is 0 Å². The van der Waals surface area contributed by atoms with Crippen LogP contribution in [0.4, 0.5) is 8.78 Å². The fraction of sp³-hybridized carbons (Fsp3) is 0.300. The van der Waals surface area contributed by atoms with Crippen LogP contribution in [-0.2, 0) is 17.6 Å². The Labute approximate surface area is 219 Å². The second-order valence-corrected chi connectivity index (χ2v) is 9.77. The van der Waals surface area contributed by atoms with Gasteiger partial charge in [0, 0.05) is 33.7 Å². The van der Waals surface area contributed by atoms with Crippen molar-refractivity contribution in [2.75, 3.05) is 6.61 Å². The number of esters is 1. The van der Waals surface area contributed by atoms with Crippen LogP contribution < -0.4 is 4.74 Å². The highest BCUT2D eigenvalue weighted by molar-refractivity contribution is 6.06. The molecule has 0 amide bonds. The number of aromatic nitrogens is 2. The standard InChI is InChI=1S/C30H28F2N2O4/c1-17-8-13-26-24(14-17)28(22-6-4-5-7-25(22)33-26)29(36)37-16-27(35)23-15-18(2)34(19(23)3)20-9-11-21(12-10-20)38-30(31)32/h4-7,9-12,15,17,30H,8,13-14,16H2,1-3H3/t17-/m0/s1. The molecule has 1 aliphatic carbocycles. The Hall–Kier alpha value is -4.07. The van der Waals surface area contributed by atoms with Gasteiger partial charge in [0.05, 0.1) is 11.1 Å². The van der Waals surface area contributed by atoms with Gasteiger partial charge in [-0.3, -0.25) is 9.78 Å². The number of pyridine rings is 1. The molecule has 2 aromatic heterocycles. The minimum absolute atomic E-state index is 0.0506. The first-order valence-electron chi connectivity index (χ1n) is 12.6. The van der Waals surface area contributed by atoms with E-state index in [-0.39, 0.29) is 11.5 Å². The van der Waals surface area contributed by atoms with Crippen LogP contribution in [-0.4, -0.2) is 34.5 Å². The number of Topliss-reactive ketones (excluding diaryl/α,β-unsaturated/α-hetero) is 1. The minimum atomic E-state index is -2.90. The molecular weight excluding hydrogens is 490 g/mol. The lowest BCUT2D eigenvalue weighted by atomic mass is 9.84. The zero-order valence-corrected chi connectivity index (χ0v) is 21.5. The lowest BCUT2D eigenvalue weighted by Gasteiger charge is -2.24. The molecule has 0 radical (unpaired) electrons. The fourth-order valence-electron chi connectivity index (χ4n) is 5.30. The molecule has 1 atom stereocenters. The largest absolute Gasteiger partial charge is 0.454 e. The summed E-state index contributed by atoms with van der Waals surface area (Å²) < 4.78 is 36.8. The molecule has 196 valence electrons. The molecule has 5 rings (SSSR count). The summed E-state index contributed by atoms with van der Waals surface area (Å²) in [5.74, 6) is -0.364. The molecular formula is C30H28F2N2O4. The van der Waals surface area contributed by atoms with Crippen molar-refractivity contribution in [3.63, 3.8) is 0 Å². The van der Waals surface area contributed by atoms with Gasteiger partial charge in [-0.2, -0.15) is 8.78 Å².